The molecule has 0 aliphatic heterocycles. The molecule has 10 heteroatoms. The first-order chi connectivity index (χ1) is 18.7. The molecule has 0 bridgehead atoms. The number of fused-ring (bicyclic) bond motifs is 2. The summed E-state index contributed by atoms with van der Waals surface area (Å²) in [7, 11) is 2.65. The molecule has 198 valence electrons. The van der Waals surface area contributed by atoms with E-state index in [1.165, 1.54) is 13.2 Å². The molecule has 0 spiro atoms. The molecule has 0 unspecified atom stereocenters. The normalized spacial score (nSPS) is 11.9. The van der Waals surface area contributed by atoms with Gasteiger partial charge in [0.2, 0.25) is 5.75 Å². The molecule has 4 N–H and O–H groups in total. The zero-order valence-electron chi connectivity index (χ0n) is 20.8. The Balaban J connectivity index is 1.86. The molecule has 1 atom stereocenters. The third-order valence-corrected chi connectivity index (χ3v) is 6.60. The van der Waals surface area contributed by atoms with E-state index in [1.54, 1.807) is 48.5 Å². The van der Waals surface area contributed by atoms with Crippen molar-refractivity contribution in [2.24, 2.45) is 0 Å². The van der Waals surface area contributed by atoms with Crippen molar-refractivity contribution >= 4 is 27.8 Å². The van der Waals surface area contributed by atoms with Crippen molar-refractivity contribution < 1.29 is 34.0 Å². The summed E-state index contributed by atoms with van der Waals surface area (Å²) in [4.78, 5) is 41.8. The second kappa shape index (κ2) is 9.90. The predicted molar refractivity (Wildman–Crippen MR) is 143 cm³/mol. The molecule has 0 aliphatic carbocycles. The minimum absolute atomic E-state index is 0.0209. The highest BCUT2D eigenvalue weighted by Crippen LogP contribution is 2.49. The van der Waals surface area contributed by atoms with Crippen LogP contribution in [0.1, 0.15) is 23.5 Å². The molecule has 3 aromatic carbocycles. The smallest absolute Gasteiger partial charge is 0.306 e. The van der Waals surface area contributed by atoms with Gasteiger partial charge >= 0.3 is 5.97 Å². The summed E-state index contributed by atoms with van der Waals surface area (Å²) < 4.78 is 16.1. The Labute approximate surface area is 220 Å². The van der Waals surface area contributed by atoms with Gasteiger partial charge in [0.15, 0.2) is 16.9 Å². The number of benzene rings is 3. The van der Waals surface area contributed by atoms with Crippen LogP contribution in [0.2, 0.25) is 0 Å². The number of ether oxygens (including phenoxy) is 2. The lowest BCUT2D eigenvalue weighted by molar-refractivity contribution is -0.140. The highest BCUT2D eigenvalue weighted by Gasteiger charge is 2.32. The van der Waals surface area contributed by atoms with Crippen LogP contribution >= 0.6 is 0 Å². The highest BCUT2D eigenvalue weighted by molar-refractivity contribution is 5.94. The number of carbonyl (C=O) groups is 1. The summed E-state index contributed by atoms with van der Waals surface area (Å²) in [6, 6.07) is 16.3. The largest absolute Gasteiger partial charge is 0.504 e. The monoisotopic (exact) mass is 529 g/mol. The van der Waals surface area contributed by atoms with E-state index in [0.29, 0.717) is 22.2 Å². The number of hydrogen-bond donors (Lipinski definition) is 4. The van der Waals surface area contributed by atoms with Crippen molar-refractivity contribution in [2.45, 2.75) is 12.3 Å². The van der Waals surface area contributed by atoms with Gasteiger partial charge in [-0.2, -0.15) is 0 Å². The van der Waals surface area contributed by atoms with Crippen LogP contribution in [-0.2, 0) is 9.53 Å². The van der Waals surface area contributed by atoms with Crippen molar-refractivity contribution in [3.05, 3.63) is 92.4 Å². The molecule has 5 rings (SSSR count). The number of H-pyrrole nitrogens is 1. The number of esters is 1. The first-order valence-electron chi connectivity index (χ1n) is 11.8. The number of aromatic amines is 1. The Morgan fingerprint density at radius 1 is 0.949 bits per heavy atom. The quantitative estimate of drug-likeness (QED) is 0.187. The van der Waals surface area contributed by atoms with Crippen LogP contribution in [0.25, 0.3) is 33.2 Å². The van der Waals surface area contributed by atoms with E-state index < -0.39 is 51.9 Å². The van der Waals surface area contributed by atoms with Gasteiger partial charge in [0.05, 0.1) is 26.2 Å². The Morgan fingerprint density at radius 2 is 1.69 bits per heavy atom. The third-order valence-electron chi connectivity index (χ3n) is 6.60. The van der Waals surface area contributed by atoms with E-state index in [9.17, 15) is 29.7 Å². The second-order valence-electron chi connectivity index (χ2n) is 8.84. The zero-order valence-corrected chi connectivity index (χ0v) is 20.8. The summed E-state index contributed by atoms with van der Waals surface area (Å²) in [6.45, 7) is 0. The average Bonchev–Trinajstić information content (AvgIpc) is 2.94. The number of hydrogen-bond acceptors (Lipinski definition) is 9. The van der Waals surface area contributed by atoms with E-state index >= 15 is 0 Å². The molecule has 39 heavy (non-hydrogen) atoms. The molecule has 10 nitrogen and oxygen atoms in total. The van der Waals surface area contributed by atoms with Gasteiger partial charge in [-0.1, -0.05) is 30.3 Å². The second-order valence-corrected chi connectivity index (χ2v) is 8.84. The molecule has 0 saturated heterocycles. The fraction of sp³-hybridized carbons (Fsp3) is 0.138. The topological polar surface area (TPSA) is 159 Å². The molecule has 0 aliphatic rings. The molecular formula is C29H23NO9. The summed E-state index contributed by atoms with van der Waals surface area (Å²) in [5.41, 5.74) is -0.840. The van der Waals surface area contributed by atoms with E-state index in [2.05, 4.69) is 4.98 Å². The predicted octanol–water partition coefficient (Wildman–Crippen LogP) is 4.12. The van der Waals surface area contributed by atoms with Crippen LogP contribution in [0.4, 0.5) is 0 Å². The van der Waals surface area contributed by atoms with Crippen LogP contribution in [-0.4, -0.2) is 40.5 Å². The van der Waals surface area contributed by atoms with Crippen molar-refractivity contribution in [3.63, 3.8) is 0 Å². The molecule has 0 fully saturated rings. The minimum atomic E-state index is -1.25. The van der Waals surface area contributed by atoms with Crippen LogP contribution in [0.15, 0.2) is 74.7 Å². The van der Waals surface area contributed by atoms with Gasteiger partial charge in [0.1, 0.15) is 22.5 Å². The maximum Gasteiger partial charge on any atom is 0.306 e. The Morgan fingerprint density at radius 3 is 2.38 bits per heavy atom. The van der Waals surface area contributed by atoms with Gasteiger partial charge in [-0.15, -0.1) is 0 Å². The number of carbonyl (C=O) groups excluding carboxylic acids is 1. The van der Waals surface area contributed by atoms with Gasteiger partial charge in [-0.3, -0.25) is 14.4 Å². The fourth-order valence-corrected chi connectivity index (χ4v) is 4.64. The molecule has 2 aromatic heterocycles. The molecule has 5 aromatic rings. The maximum atomic E-state index is 13.3. The number of rotatable bonds is 6. The highest BCUT2D eigenvalue weighted by atomic mass is 16.5. The third kappa shape index (κ3) is 4.42. The number of nitrogens with one attached hydrogen (secondary N) is 1. The minimum Gasteiger partial charge on any atom is -0.504 e. The fourth-order valence-electron chi connectivity index (χ4n) is 4.64. The summed E-state index contributed by atoms with van der Waals surface area (Å²) in [5.74, 6) is -4.11. The lowest BCUT2D eigenvalue weighted by atomic mass is 9.86. The van der Waals surface area contributed by atoms with Crippen molar-refractivity contribution in [1.29, 1.82) is 0 Å². The molecule has 2 heterocycles. The molecule has 0 amide bonds. The van der Waals surface area contributed by atoms with Gasteiger partial charge in [0, 0.05) is 34.7 Å². The summed E-state index contributed by atoms with van der Waals surface area (Å²) in [6.07, 6.45) is -0.465. The van der Waals surface area contributed by atoms with Gasteiger partial charge in [-0.05, 0) is 23.6 Å². The first kappa shape index (κ1) is 25.4. The number of methoxy groups -OCH3 is 2. The Bertz CT molecular complexity index is 1860. The van der Waals surface area contributed by atoms with E-state index in [4.69, 9.17) is 13.9 Å². The number of aromatic nitrogens is 1. The van der Waals surface area contributed by atoms with E-state index in [-0.39, 0.29) is 22.5 Å². The van der Waals surface area contributed by atoms with Crippen LogP contribution in [0.3, 0.4) is 0 Å². The Hall–Kier alpha value is -5.25. The standard InChI is InChI=1S/C29H23NO9/c1-37-16-9-8-15-10-18(29(36)30-19(15)11-16)17(12-22(32)38-2)23-25(33)27(35)26(34)24-20(31)13-21(39-28(23)24)14-6-4-3-5-7-14/h3-11,13,17,33-35H,12H2,1-2H3,(H,30,36)/t17-/m1/s1. The number of phenolic OH excluding ortho intramolecular Hbond substituents is 3. The van der Waals surface area contributed by atoms with Crippen molar-refractivity contribution in [2.75, 3.05) is 14.2 Å². The van der Waals surface area contributed by atoms with Gasteiger partial charge in [-0.25, -0.2) is 0 Å². The number of pyridine rings is 1. The van der Waals surface area contributed by atoms with E-state index in [1.807, 2.05) is 0 Å². The lowest BCUT2D eigenvalue weighted by Crippen LogP contribution is -2.21. The first-order valence-corrected chi connectivity index (χ1v) is 11.8. The van der Waals surface area contributed by atoms with Crippen LogP contribution in [0.5, 0.6) is 23.0 Å². The molecule has 0 saturated carbocycles. The summed E-state index contributed by atoms with van der Waals surface area (Å²) >= 11 is 0. The average molecular weight is 530 g/mol. The maximum absolute atomic E-state index is 13.3. The SMILES string of the molecule is COC(=O)C[C@H](c1cc2ccc(OC)cc2[nH]c1=O)c1c(O)c(O)c(O)c2c(=O)cc(-c3ccccc3)oc12. The van der Waals surface area contributed by atoms with E-state index in [0.717, 1.165) is 13.2 Å². The van der Waals surface area contributed by atoms with Gasteiger partial charge in [0.25, 0.3) is 5.56 Å². The molecule has 0 radical (unpaired) electrons. The lowest BCUT2D eigenvalue weighted by Gasteiger charge is -2.21. The van der Waals surface area contributed by atoms with Crippen molar-refractivity contribution in [1.82, 2.24) is 4.98 Å². The van der Waals surface area contributed by atoms with Crippen molar-refractivity contribution in [3.8, 4) is 34.3 Å². The number of phenols is 3. The molecular weight excluding hydrogens is 506 g/mol. The summed E-state index contributed by atoms with van der Waals surface area (Å²) in [5, 5.41) is 32.4. The number of aromatic hydroxyl groups is 3. The zero-order chi connectivity index (χ0) is 27.8. The van der Waals surface area contributed by atoms with Crippen LogP contribution in [0, 0.1) is 0 Å². The Kier molecular flexibility index (Phi) is 6.45. The van der Waals surface area contributed by atoms with Gasteiger partial charge < -0.3 is 34.2 Å². The van der Waals surface area contributed by atoms with Crippen LogP contribution < -0.4 is 15.7 Å².